The predicted molar refractivity (Wildman–Crippen MR) is 97.6 cm³/mol. The second-order valence-electron chi connectivity index (χ2n) is 5.14. The third kappa shape index (κ3) is 3.83. The van der Waals surface area contributed by atoms with Crippen molar-refractivity contribution in [3.8, 4) is 5.88 Å². The van der Waals surface area contributed by atoms with Gasteiger partial charge in [-0.05, 0) is 48.9 Å². The maximum absolute atomic E-state index is 12.1. The second kappa shape index (κ2) is 7.15. The molecule has 0 fully saturated rings. The largest absolute Gasteiger partial charge is 0.467 e. The molecular formula is C17H13BrClN3O2. The molecular weight excluding hydrogens is 394 g/mol. The van der Waals surface area contributed by atoms with Crippen molar-refractivity contribution in [3.63, 3.8) is 0 Å². The summed E-state index contributed by atoms with van der Waals surface area (Å²) in [6.07, 6.45) is 1.41. The van der Waals surface area contributed by atoms with Crippen LogP contribution in [0.5, 0.6) is 5.88 Å². The van der Waals surface area contributed by atoms with Crippen LogP contribution in [-0.4, -0.2) is 22.5 Å². The van der Waals surface area contributed by atoms with Crippen LogP contribution in [-0.2, 0) is 4.79 Å². The smallest absolute Gasteiger partial charge is 0.262 e. The molecule has 24 heavy (non-hydrogen) atoms. The highest BCUT2D eigenvalue weighted by molar-refractivity contribution is 9.10. The van der Waals surface area contributed by atoms with E-state index in [1.165, 1.54) is 6.33 Å². The summed E-state index contributed by atoms with van der Waals surface area (Å²) in [5.41, 5.74) is 2.33. The molecule has 0 bridgehead atoms. The van der Waals surface area contributed by atoms with Crippen molar-refractivity contribution >= 4 is 50.0 Å². The minimum Gasteiger partial charge on any atom is -0.467 e. The molecule has 1 N–H and O–H groups in total. The fourth-order valence-corrected chi connectivity index (χ4v) is 2.80. The zero-order valence-electron chi connectivity index (χ0n) is 12.7. The van der Waals surface area contributed by atoms with Crippen LogP contribution in [0, 0.1) is 6.92 Å². The van der Waals surface area contributed by atoms with Crippen LogP contribution < -0.4 is 10.1 Å². The number of anilines is 1. The standard InChI is InChI=1S/C17H13BrClN3O2/c1-10-6-12(19)3-5-14(10)22-16(23)8-24-17-13-7-11(18)2-4-15(13)20-9-21-17/h2-7,9H,8H2,1H3,(H,22,23). The minimum atomic E-state index is -0.276. The average molecular weight is 407 g/mol. The number of ether oxygens (including phenoxy) is 1. The lowest BCUT2D eigenvalue weighted by atomic mass is 10.2. The maximum Gasteiger partial charge on any atom is 0.262 e. The minimum absolute atomic E-state index is 0.152. The molecule has 0 unspecified atom stereocenters. The van der Waals surface area contributed by atoms with Crippen LogP contribution in [0.2, 0.25) is 5.02 Å². The highest BCUT2D eigenvalue weighted by Gasteiger charge is 2.10. The predicted octanol–water partition coefficient (Wildman–Crippen LogP) is 4.37. The molecule has 0 saturated heterocycles. The normalized spacial score (nSPS) is 10.6. The number of aromatic nitrogens is 2. The van der Waals surface area contributed by atoms with E-state index in [0.717, 1.165) is 20.9 Å². The number of rotatable bonds is 4. The van der Waals surface area contributed by atoms with Gasteiger partial charge >= 0.3 is 0 Å². The summed E-state index contributed by atoms with van der Waals surface area (Å²) >= 11 is 9.31. The highest BCUT2D eigenvalue weighted by Crippen LogP contribution is 2.25. The summed E-state index contributed by atoms with van der Waals surface area (Å²) in [4.78, 5) is 20.4. The molecule has 2 aromatic carbocycles. The Balaban J connectivity index is 1.71. The number of hydrogen-bond acceptors (Lipinski definition) is 4. The molecule has 0 aliphatic heterocycles. The van der Waals surface area contributed by atoms with Gasteiger partial charge in [-0.1, -0.05) is 27.5 Å². The van der Waals surface area contributed by atoms with Crippen LogP contribution in [0.25, 0.3) is 10.9 Å². The highest BCUT2D eigenvalue weighted by atomic mass is 79.9. The van der Waals surface area contributed by atoms with Crippen LogP contribution in [0.1, 0.15) is 5.56 Å². The van der Waals surface area contributed by atoms with E-state index in [1.54, 1.807) is 18.2 Å². The summed E-state index contributed by atoms with van der Waals surface area (Å²) in [6, 6.07) is 10.9. The first kappa shape index (κ1) is 16.7. The van der Waals surface area contributed by atoms with Crippen molar-refractivity contribution in [1.29, 1.82) is 0 Å². The molecule has 1 amide bonds. The summed E-state index contributed by atoms with van der Waals surface area (Å²) in [7, 11) is 0. The molecule has 1 heterocycles. The Morgan fingerprint density at radius 1 is 1.25 bits per heavy atom. The number of amides is 1. The number of benzene rings is 2. The fourth-order valence-electron chi connectivity index (χ4n) is 2.21. The first-order valence-electron chi connectivity index (χ1n) is 7.12. The van der Waals surface area contributed by atoms with E-state index in [2.05, 4.69) is 31.2 Å². The topological polar surface area (TPSA) is 64.1 Å². The van der Waals surface area contributed by atoms with Gasteiger partial charge in [0.1, 0.15) is 6.33 Å². The number of carbonyl (C=O) groups excluding carboxylic acids is 1. The van der Waals surface area contributed by atoms with Gasteiger partial charge in [-0.2, -0.15) is 0 Å². The summed E-state index contributed by atoms with van der Waals surface area (Å²) in [5.74, 6) is 0.0893. The first-order valence-corrected chi connectivity index (χ1v) is 8.29. The van der Waals surface area contributed by atoms with Gasteiger partial charge in [0, 0.05) is 15.2 Å². The Morgan fingerprint density at radius 2 is 2.08 bits per heavy atom. The summed E-state index contributed by atoms with van der Waals surface area (Å²) < 4.78 is 6.45. The Morgan fingerprint density at radius 3 is 2.88 bits per heavy atom. The van der Waals surface area contributed by atoms with Crippen molar-refractivity contribution in [3.05, 3.63) is 57.8 Å². The molecule has 0 aliphatic carbocycles. The second-order valence-corrected chi connectivity index (χ2v) is 6.49. The van der Waals surface area contributed by atoms with E-state index in [0.29, 0.717) is 16.6 Å². The molecule has 5 nitrogen and oxygen atoms in total. The number of hydrogen-bond donors (Lipinski definition) is 1. The molecule has 1 aromatic heterocycles. The lowest BCUT2D eigenvalue weighted by molar-refractivity contribution is -0.118. The molecule has 122 valence electrons. The average Bonchev–Trinajstić information content (AvgIpc) is 2.55. The molecule has 0 radical (unpaired) electrons. The number of carbonyl (C=O) groups is 1. The van der Waals surface area contributed by atoms with E-state index in [1.807, 2.05) is 25.1 Å². The Bertz CT molecular complexity index is 917. The monoisotopic (exact) mass is 405 g/mol. The molecule has 0 spiro atoms. The van der Waals surface area contributed by atoms with E-state index < -0.39 is 0 Å². The van der Waals surface area contributed by atoms with E-state index in [4.69, 9.17) is 16.3 Å². The van der Waals surface area contributed by atoms with Gasteiger partial charge in [0.25, 0.3) is 5.91 Å². The van der Waals surface area contributed by atoms with E-state index in [9.17, 15) is 4.79 Å². The number of aryl methyl sites for hydroxylation is 1. The molecule has 3 rings (SSSR count). The molecule has 7 heteroatoms. The zero-order valence-corrected chi connectivity index (χ0v) is 15.1. The van der Waals surface area contributed by atoms with Crippen molar-refractivity contribution in [1.82, 2.24) is 9.97 Å². The molecule has 0 atom stereocenters. The van der Waals surface area contributed by atoms with E-state index >= 15 is 0 Å². The van der Waals surface area contributed by atoms with Crippen molar-refractivity contribution in [2.75, 3.05) is 11.9 Å². The van der Waals surface area contributed by atoms with Gasteiger partial charge in [0.15, 0.2) is 6.61 Å². The van der Waals surface area contributed by atoms with Gasteiger partial charge < -0.3 is 10.1 Å². The van der Waals surface area contributed by atoms with Crippen LogP contribution in [0.15, 0.2) is 47.2 Å². The summed E-state index contributed by atoms with van der Waals surface area (Å²) in [6.45, 7) is 1.72. The summed E-state index contributed by atoms with van der Waals surface area (Å²) in [5, 5.41) is 4.15. The lowest BCUT2D eigenvalue weighted by Gasteiger charge is -2.10. The van der Waals surface area contributed by atoms with Gasteiger partial charge in [-0.3, -0.25) is 4.79 Å². The Kier molecular flexibility index (Phi) is 4.97. The maximum atomic E-state index is 12.1. The van der Waals surface area contributed by atoms with Gasteiger partial charge in [0.05, 0.1) is 10.9 Å². The quantitative estimate of drug-likeness (QED) is 0.699. The number of fused-ring (bicyclic) bond motifs is 1. The number of halogens is 2. The van der Waals surface area contributed by atoms with Gasteiger partial charge in [-0.15, -0.1) is 0 Å². The van der Waals surface area contributed by atoms with Crippen LogP contribution >= 0.6 is 27.5 Å². The fraction of sp³-hybridized carbons (Fsp3) is 0.118. The Labute approximate surface area is 152 Å². The van der Waals surface area contributed by atoms with Crippen molar-refractivity contribution < 1.29 is 9.53 Å². The molecule has 0 saturated carbocycles. The Hall–Kier alpha value is -2.18. The van der Waals surface area contributed by atoms with Crippen LogP contribution in [0.4, 0.5) is 5.69 Å². The lowest BCUT2D eigenvalue weighted by Crippen LogP contribution is -2.21. The van der Waals surface area contributed by atoms with Gasteiger partial charge in [-0.25, -0.2) is 9.97 Å². The van der Waals surface area contributed by atoms with Crippen LogP contribution in [0.3, 0.4) is 0 Å². The number of nitrogens with one attached hydrogen (secondary N) is 1. The zero-order chi connectivity index (χ0) is 17.1. The third-order valence-corrected chi connectivity index (χ3v) is 4.09. The van der Waals surface area contributed by atoms with Crippen molar-refractivity contribution in [2.24, 2.45) is 0 Å². The number of nitrogens with zero attached hydrogens (tertiary/aromatic N) is 2. The molecule has 3 aromatic rings. The first-order chi connectivity index (χ1) is 11.5. The van der Waals surface area contributed by atoms with E-state index in [-0.39, 0.29) is 12.5 Å². The van der Waals surface area contributed by atoms with Crippen molar-refractivity contribution in [2.45, 2.75) is 6.92 Å². The third-order valence-electron chi connectivity index (χ3n) is 3.36. The SMILES string of the molecule is Cc1cc(Cl)ccc1NC(=O)COc1ncnc2ccc(Br)cc12. The van der Waals surface area contributed by atoms with Gasteiger partial charge in [0.2, 0.25) is 5.88 Å². The molecule has 0 aliphatic rings.